The van der Waals surface area contributed by atoms with Crippen LogP contribution in [0.1, 0.15) is 27.0 Å². The van der Waals surface area contributed by atoms with E-state index in [-0.39, 0.29) is 5.91 Å². The second-order valence-corrected chi connectivity index (χ2v) is 7.40. The standard InChI is InChI=1S/C23H26N4O2/c1-18-14-25-27(16-18)22-8-6-21(7-9-22)23(28)24-15-19-2-4-20(5-3-19)17-26-10-12-29-13-11-26/h2-9,14,16H,10-13,15,17H2,1H3,(H,24,28). The van der Waals surface area contributed by atoms with Crippen molar-refractivity contribution in [2.24, 2.45) is 0 Å². The lowest BCUT2D eigenvalue weighted by Gasteiger charge is -2.26. The molecule has 6 heteroatoms. The third-order valence-corrected chi connectivity index (χ3v) is 5.09. The minimum Gasteiger partial charge on any atom is -0.379 e. The Hall–Kier alpha value is -2.96. The lowest BCUT2D eigenvalue weighted by molar-refractivity contribution is 0.0342. The van der Waals surface area contributed by atoms with E-state index in [1.54, 1.807) is 4.68 Å². The summed E-state index contributed by atoms with van der Waals surface area (Å²) in [6.45, 7) is 7.04. The molecule has 1 N–H and O–H groups in total. The summed E-state index contributed by atoms with van der Waals surface area (Å²) in [6, 6.07) is 15.9. The van der Waals surface area contributed by atoms with Crippen molar-refractivity contribution in [1.29, 1.82) is 0 Å². The quantitative estimate of drug-likeness (QED) is 0.703. The molecule has 1 fully saturated rings. The van der Waals surface area contributed by atoms with Gasteiger partial charge in [0.2, 0.25) is 0 Å². The zero-order valence-electron chi connectivity index (χ0n) is 16.7. The number of benzene rings is 2. The van der Waals surface area contributed by atoms with Crippen LogP contribution in [0.5, 0.6) is 0 Å². The predicted molar refractivity (Wildman–Crippen MR) is 112 cm³/mol. The lowest BCUT2D eigenvalue weighted by Crippen LogP contribution is -2.35. The van der Waals surface area contributed by atoms with E-state index in [1.165, 1.54) is 5.56 Å². The van der Waals surface area contributed by atoms with Crippen LogP contribution in [0, 0.1) is 6.92 Å². The van der Waals surface area contributed by atoms with E-state index in [1.807, 2.05) is 43.6 Å². The molecule has 150 valence electrons. The number of morpholine rings is 1. The second kappa shape index (κ2) is 9.03. The van der Waals surface area contributed by atoms with Gasteiger partial charge in [-0.2, -0.15) is 5.10 Å². The molecule has 0 aliphatic carbocycles. The first kappa shape index (κ1) is 19.4. The average Bonchev–Trinajstić information content (AvgIpc) is 3.20. The van der Waals surface area contributed by atoms with Crippen molar-refractivity contribution in [3.63, 3.8) is 0 Å². The third-order valence-electron chi connectivity index (χ3n) is 5.09. The predicted octanol–water partition coefficient (Wildman–Crippen LogP) is 2.94. The third kappa shape index (κ3) is 5.10. The molecule has 0 bridgehead atoms. The zero-order valence-corrected chi connectivity index (χ0v) is 16.7. The van der Waals surface area contributed by atoms with Gasteiger partial charge < -0.3 is 10.1 Å². The highest BCUT2D eigenvalue weighted by atomic mass is 16.5. The molecule has 1 aromatic heterocycles. The van der Waals surface area contributed by atoms with Crippen molar-refractivity contribution in [2.45, 2.75) is 20.0 Å². The van der Waals surface area contributed by atoms with Crippen LogP contribution in [0.25, 0.3) is 5.69 Å². The van der Waals surface area contributed by atoms with Gasteiger partial charge in [-0.25, -0.2) is 4.68 Å². The highest BCUT2D eigenvalue weighted by Gasteiger charge is 2.11. The van der Waals surface area contributed by atoms with E-state index in [0.29, 0.717) is 12.1 Å². The van der Waals surface area contributed by atoms with Crippen LogP contribution in [0.2, 0.25) is 0 Å². The molecule has 6 nitrogen and oxygen atoms in total. The van der Waals surface area contributed by atoms with E-state index in [4.69, 9.17) is 4.74 Å². The SMILES string of the molecule is Cc1cnn(-c2ccc(C(=O)NCc3ccc(CN4CCOCC4)cc3)cc2)c1. The van der Waals surface area contributed by atoms with Crippen LogP contribution in [-0.2, 0) is 17.8 Å². The molecule has 3 aromatic rings. The Labute approximate surface area is 171 Å². The van der Waals surface area contributed by atoms with Crippen molar-refractivity contribution in [3.05, 3.63) is 83.2 Å². The van der Waals surface area contributed by atoms with Gasteiger partial charge in [0, 0.05) is 37.9 Å². The van der Waals surface area contributed by atoms with Crippen molar-refractivity contribution in [1.82, 2.24) is 20.0 Å². The molecule has 0 unspecified atom stereocenters. The maximum absolute atomic E-state index is 12.4. The number of carbonyl (C=O) groups is 1. The number of hydrogen-bond acceptors (Lipinski definition) is 4. The summed E-state index contributed by atoms with van der Waals surface area (Å²) >= 11 is 0. The van der Waals surface area contributed by atoms with Crippen molar-refractivity contribution in [2.75, 3.05) is 26.3 Å². The van der Waals surface area contributed by atoms with Crippen LogP contribution in [-0.4, -0.2) is 46.9 Å². The van der Waals surface area contributed by atoms with E-state index >= 15 is 0 Å². The molecule has 1 aliphatic rings. The summed E-state index contributed by atoms with van der Waals surface area (Å²) in [6.07, 6.45) is 3.77. The molecule has 2 aromatic carbocycles. The highest BCUT2D eigenvalue weighted by Crippen LogP contribution is 2.12. The first-order valence-electron chi connectivity index (χ1n) is 9.95. The van der Waals surface area contributed by atoms with E-state index in [2.05, 4.69) is 39.6 Å². The fourth-order valence-electron chi connectivity index (χ4n) is 3.38. The Morgan fingerprint density at radius 2 is 1.72 bits per heavy atom. The second-order valence-electron chi connectivity index (χ2n) is 7.40. The Morgan fingerprint density at radius 3 is 2.38 bits per heavy atom. The van der Waals surface area contributed by atoms with Gasteiger partial charge in [0.25, 0.3) is 5.91 Å². The molecular weight excluding hydrogens is 364 g/mol. The van der Waals surface area contributed by atoms with Crippen LogP contribution < -0.4 is 5.32 Å². The number of aromatic nitrogens is 2. The first-order valence-corrected chi connectivity index (χ1v) is 9.95. The number of carbonyl (C=O) groups excluding carboxylic acids is 1. The number of aryl methyl sites for hydroxylation is 1. The molecule has 4 rings (SSSR count). The van der Waals surface area contributed by atoms with Crippen LogP contribution >= 0.6 is 0 Å². The smallest absolute Gasteiger partial charge is 0.251 e. The van der Waals surface area contributed by atoms with Crippen molar-refractivity contribution >= 4 is 5.91 Å². The topological polar surface area (TPSA) is 59.4 Å². The fraction of sp³-hybridized carbons (Fsp3) is 0.304. The molecule has 2 heterocycles. The van der Waals surface area contributed by atoms with Gasteiger partial charge in [-0.05, 0) is 47.9 Å². The van der Waals surface area contributed by atoms with Crippen molar-refractivity contribution < 1.29 is 9.53 Å². The summed E-state index contributed by atoms with van der Waals surface area (Å²) in [4.78, 5) is 14.8. The van der Waals surface area contributed by atoms with Gasteiger partial charge in [-0.3, -0.25) is 9.69 Å². The Morgan fingerprint density at radius 1 is 1.03 bits per heavy atom. The molecule has 29 heavy (non-hydrogen) atoms. The summed E-state index contributed by atoms with van der Waals surface area (Å²) in [7, 11) is 0. The normalized spacial score (nSPS) is 14.7. The number of rotatable bonds is 6. The van der Waals surface area contributed by atoms with Crippen LogP contribution in [0.3, 0.4) is 0 Å². The Kier molecular flexibility index (Phi) is 6.03. The van der Waals surface area contributed by atoms with Crippen LogP contribution in [0.4, 0.5) is 0 Å². The largest absolute Gasteiger partial charge is 0.379 e. The maximum Gasteiger partial charge on any atom is 0.251 e. The summed E-state index contributed by atoms with van der Waals surface area (Å²) in [5, 5.41) is 7.28. The Balaban J connectivity index is 1.29. The number of nitrogens with zero attached hydrogens (tertiary/aromatic N) is 3. The van der Waals surface area contributed by atoms with E-state index < -0.39 is 0 Å². The van der Waals surface area contributed by atoms with Gasteiger partial charge in [0.1, 0.15) is 0 Å². The number of amides is 1. The Bertz CT molecular complexity index is 942. The summed E-state index contributed by atoms with van der Waals surface area (Å²) < 4.78 is 7.19. The molecule has 0 saturated carbocycles. The van der Waals surface area contributed by atoms with Gasteiger partial charge in [-0.1, -0.05) is 24.3 Å². The minimum absolute atomic E-state index is 0.0782. The molecule has 0 radical (unpaired) electrons. The summed E-state index contributed by atoms with van der Waals surface area (Å²) in [5.41, 5.74) is 5.05. The first-order chi connectivity index (χ1) is 14.2. The van der Waals surface area contributed by atoms with Gasteiger partial charge in [0.15, 0.2) is 0 Å². The highest BCUT2D eigenvalue weighted by molar-refractivity contribution is 5.94. The molecule has 1 saturated heterocycles. The molecular formula is C23H26N4O2. The molecule has 0 atom stereocenters. The summed E-state index contributed by atoms with van der Waals surface area (Å²) in [5.74, 6) is -0.0782. The van der Waals surface area contributed by atoms with Gasteiger partial charge >= 0.3 is 0 Å². The van der Waals surface area contributed by atoms with Crippen LogP contribution in [0.15, 0.2) is 60.9 Å². The minimum atomic E-state index is -0.0782. The van der Waals surface area contributed by atoms with Crippen molar-refractivity contribution in [3.8, 4) is 5.69 Å². The zero-order chi connectivity index (χ0) is 20.1. The van der Waals surface area contributed by atoms with Gasteiger partial charge in [0.05, 0.1) is 25.1 Å². The fourth-order valence-corrected chi connectivity index (χ4v) is 3.38. The number of nitrogens with one attached hydrogen (secondary N) is 1. The maximum atomic E-state index is 12.4. The van der Waals surface area contributed by atoms with E-state index in [9.17, 15) is 4.79 Å². The molecule has 1 amide bonds. The van der Waals surface area contributed by atoms with E-state index in [0.717, 1.165) is 49.7 Å². The lowest BCUT2D eigenvalue weighted by atomic mass is 10.1. The van der Waals surface area contributed by atoms with Gasteiger partial charge in [-0.15, -0.1) is 0 Å². The molecule has 1 aliphatic heterocycles. The number of hydrogen-bond donors (Lipinski definition) is 1. The monoisotopic (exact) mass is 390 g/mol. The average molecular weight is 390 g/mol. The molecule has 0 spiro atoms. The number of ether oxygens (including phenoxy) is 1.